The molecule has 1 saturated carbocycles. The lowest BCUT2D eigenvalue weighted by molar-refractivity contribution is -0.807. The van der Waals surface area contributed by atoms with E-state index in [1.807, 2.05) is 0 Å². The van der Waals surface area contributed by atoms with Crippen molar-refractivity contribution in [2.24, 2.45) is 0 Å². The summed E-state index contributed by atoms with van der Waals surface area (Å²) < 4.78 is 2.09. The highest BCUT2D eigenvalue weighted by molar-refractivity contribution is 7.18. The van der Waals surface area contributed by atoms with Crippen LogP contribution < -0.4 is 15.9 Å². The summed E-state index contributed by atoms with van der Waals surface area (Å²) in [7, 11) is 0. The van der Waals surface area contributed by atoms with Crippen molar-refractivity contribution in [1.29, 1.82) is 0 Å². The summed E-state index contributed by atoms with van der Waals surface area (Å²) in [6, 6.07) is 14.9. The van der Waals surface area contributed by atoms with Gasteiger partial charge in [0, 0.05) is 36.5 Å². The van der Waals surface area contributed by atoms with Gasteiger partial charge in [0.05, 0.1) is 15.3 Å². The average Bonchev–Trinajstić information content (AvgIpc) is 3.37. The second-order valence-corrected chi connectivity index (χ2v) is 8.76. The highest BCUT2D eigenvalue weighted by atomic mass is 35.5. The molecular weight excluding hydrogens is 410 g/mol. The van der Waals surface area contributed by atoms with E-state index in [0.717, 1.165) is 19.3 Å². The zero-order valence-electron chi connectivity index (χ0n) is 15.5. The van der Waals surface area contributed by atoms with E-state index < -0.39 is 0 Å². The molecule has 0 spiro atoms. The Morgan fingerprint density at radius 3 is 2.62 bits per heavy atom. The van der Waals surface area contributed by atoms with Crippen LogP contribution in [-0.4, -0.2) is 22.6 Å². The second-order valence-electron chi connectivity index (χ2n) is 7.04. The predicted octanol–water partition coefficient (Wildman–Crippen LogP) is 2.92. The quantitative estimate of drug-likeness (QED) is 0.612. The molecule has 1 aliphatic rings. The minimum Gasteiger partial charge on any atom is -0.629 e. The van der Waals surface area contributed by atoms with Gasteiger partial charge in [-0.1, -0.05) is 17.7 Å². The number of halogens is 1. The van der Waals surface area contributed by atoms with Gasteiger partial charge in [0.2, 0.25) is 0 Å². The van der Waals surface area contributed by atoms with Crippen LogP contribution in [0.2, 0.25) is 4.34 Å². The van der Waals surface area contributed by atoms with Gasteiger partial charge in [-0.3, -0.25) is 14.2 Å². The van der Waals surface area contributed by atoms with Gasteiger partial charge in [-0.15, -0.1) is 11.3 Å². The molecule has 0 radical (unpaired) electrons. The van der Waals surface area contributed by atoms with Crippen molar-refractivity contribution >= 4 is 34.5 Å². The van der Waals surface area contributed by atoms with Gasteiger partial charge in [0.1, 0.15) is 11.7 Å². The molecule has 150 valence electrons. The summed E-state index contributed by atoms with van der Waals surface area (Å²) in [5, 5.41) is 16.1. The van der Waals surface area contributed by atoms with Crippen LogP contribution in [0.5, 0.6) is 0 Å². The Kier molecular flexibility index (Phi) is 5.82. The highest BCUT2D eigenvalue weighted by Crippen LogP contribution is 2.23. The molecule has 3 atom stereocenters. The summed E-state index contributed by atoms with van der Waals surface area (Å²) in [4.78, 5) is 25.0. The zero-order chi connectivity index (χ0) is 20.4. The monoisotopic (exact) mass is 429 g/mol. The first-order valence-corrected chi connectivity index (χ1v) is 10.6. The summed E-state index contributed by atoms with van der Waals surface area (Å²) in [5.74, 6) is -0.189. The van der Waals surface area contributed by atoms with Gasteiger partial charge in [0.25, 0.3) is 11.5 Å². The Morgan fingerprint density at radius 2 is 1.93 bits per heavy atom. The van der Waals surface area contributed by atoms with Crippen LogP contribution in [0.25, 0.3) is 5.69 Å². The van der Waals surface area contributed by atoms with E-state index in [1.54, 1.807) is 54.7 Å². The van der Waals surface area contributed by atoms with Crippen molar-refractivity contribution in [1.82, 2.24) is 9.88 Å². The van der Waals surface area contributed by atoms with Crippen molar-refractivity contribution in [2.75, 3.05) is 0 Å². The van der Waals surface area contributed by atoms with Crippen molar-refractivity contribution in [3.8, 4) is 5.69 Å². The average molecular weight is 430 g/mol. The lowest BCUT2D eigenvalue weighted by Crippen LogP contribution is -3.08. The number of quaternary nitrogens is 1. The highest BCUT2D eigenvalue weighted by Gasteiger charge is 2.34. The first-order chi connectivity index (χ1) is 14.0. The maximum Gasteiger partial charge on any atom is 0.261 e. The van der Waals surface area contributed by atoms with Gasteiger partial charge in [-0.05, 0) is 43.2 Å². The topological polar surface area (TPSA) is 78.6 Å². The number of amides is 1. The molecule has 1 aromatic carbocycles. The van der Waals surface area contributed by atoms with Gasteiger partial charge >= 0.3 is 0 Å². The molecule has 2 N–H and O–H groups in total. The summed E-state index contributed by atoms with van der Waals surface area (Å²) in [6.45, 7) is 0. The normalized spacial score (nSPS) is 19.8. The van der Waals surface area contributed by atoms with Gasteiger partial charge in [0.15, 0.2) is 0 Å². The number of nitrogens with one attached hydrogen (secondary N) is 2. The van der Waals surface area contributed by atoms with Crippen LogP contribution in [0.1, 0.15) is 28.9 Å². The maximum atomic E-state index is 13.1. The fourth-order valence-corrected chi connectivity index (χ4v) is 4.71. The Hall–Kier alpha value is -2.45. The van der Waals surface area contributed by atoms with Crippen LogP contribution in [-0.2, 0) is 0 Å². The van der Waals surface area contributed by atoms with Crippen LogP contribution >= 0.6 is 22.9 Å². The molecule has 1 fully saturated rings. The molecule has 3 aromatic rings. The molecular formula is C21H20ClN3O3S. The fourth-order valence-electron chi connectivity index (χ4n) is 3.76. The van der Waals surface area contributed by atoms with Crippen LogP contribution in [0.3, 0.4) is 0 Å². The third-order valence-electron chi connectivity index (χ3n) is 5.22. The second kappa shape index (κ2) is 8.51. The Labute approximate surface area is 176 Å². The molecule has 0 bridgehead atoms. The number of thiophene rings is 1. The first kappa shape index (κ1) is 19.8. The van der Waals surface area contributed by atoms with E-state index in [-0.39, 0.29) is 28.6 Å². The van der Waals surface area contributed by atoms with E-state index in [1.165, 1.54) is 22.0 Å². The summed E-state index contributed by atoms with van der Waals surface area (Å²) in [6.07, 6.45) is 4.11. The van der Waals surface area contributed by atoms with E-state index in [9.17, 15) is 14.8 Å². The maximum absolute atomic E-state index is 13.1. The number of benzene rings is 1. The number of hydrogen-bond donors (Lipinski definition) is 2. The lowest BCUT2D eigenvalue weighted by atomic mass is 10.1. The van der Waals surface area contributed by atoms with Crippen LogP contribution in [0.4, 0.5) is 5.69 Å². The number of hydrogen-bond acceptors (Lipinski definition) is 4. The number of pyridine rings is 1. The van der Waals surface area contributed by atoms with Gasteiger partial charge in [-0.25, -0.2) is 0 Å². The SMILES string of the molecule is O=C(N[C@H]1CCC[C@@H]1[NH+]([O-])c1ccc(-n2ccccc2=O)cc1)c1ccc(Cl)s1. The third kappa shape index (κ3) is 4.28. The van der Waals surface area contributed by atoms with Crippen LogP contribution in [0.15, 0.2) is 65.6 Å². The Bertz CT molecular complexity index is 1060. The molecule has 6 nitrogen and oxygen atoms in total. The molecule has 2 heterocycles. The van der Waals surface area contributed by atoms with Crippen LogP contribution in [0, 0.1) is 5.21 Å². The lowest BCUT2D eigenvalue weighted by Gasteiger charge is -2.32. The summed E-state index contributed by atoms with van der Waals surface area (Å²) in [5.41, 5.74) is 1.17. The molecule has 2 aromatic heterocycles. The van der Waals surface area contributed by atoms with Crippen molar-refractivity contribution in [3.05, 3.63) is 85.6 Å². The Morgan fingerprint density at radius 1 is 1.14 bits per heavy atom. The molecule has 8 heteroatoms. The number of nitrogens with zero attached hydrogens (tertiary/aromatic N) is 1. The fraction of sp³-hybridized carbons (Fsp3) is 0.238. The van der Waals surface area contributed by atoms with E-state index in [2.05, 4.69) is 5.32 Å². The number of carbonyl (C=O) groups is 1. The van der Waals surface area contributed by atoms with E-state index in [4.69, 9.17) is 11.6 Å². The standard InChI is InChI=1S/C21H20ClN3O3S/c22-19-12-11-18(29-19)21(27)23-16-4-3-5-17(16)25(28)15-9-7-14(8-10-15)24-13-2-1-6-20(24)26/h1-2,6-13,16-17,25H,3-5H2,(H,23,27)/t16-,17-/m0/s1. The third-order valence-corrected chi connectivity index (χ3v) is 6.45. The number of rotatable bonds is 5. The molecule has 0 aliphatic heterocycles. The summed E-state index contributed by atoms with van der Waals surface area (Å²) >= 11 is 7.14. The molecule has 1 unspecified atom stereocenters. The van der Waals surface area contributed by atoms with Gasteiger partial charge in [-0.2, -0.15) is 0 Å². The first-order valence-electron chi connectivity index (χ1n) is 9.41. The zero-order valence-corrected chi connectivity index (χ0v) is 17.1. The number of aromatic nitrogens is 1. The molecule has 29 heavy (non-hydrogen) atoms. The van der Waals surface area contributed by atoms with E-state index in [0.29, 0.717) is 20.6 Å². The van der Waals surface area contributed by atoms with Gasteiger partial charge < -0.3 is 15.6 Å². The minimum absolute atomic E-state index is 0.0176. The van der Waals surface area contributed by atoms with Crippen molar-refractivity contribution < 1.29 is 9.86 Å². The molecule has 0 saturated heterocycles. The predicted molar refractivity (Wildman–Crippen MR) is 114 cm³/mol. The number of hydroxylamine groups is 1. The van der Waals surface area contributed by atoms with Crippen molar-refractivity contribution in [2.45, 2.75) is 31.3 Å². The molecule has 1 amide bonds. The Balaban J connectivity index is 1.48. The number of carbonyl (C=O) groups excluding carboxylic acids is 1. The van der Waals surface area contributed by atoms with E-state index >= 15 is 0 Å². The molecule has 4 rings (SSSR count). The molecule has 1 aliphatic carbocycles. The largest absolute Gasteiger partial charge is 0.629 e. The smallest absolute Gasteiger partial charge is 0.261 e. The minimum atomic E-state index is -0.250. The van der Waals surface area contributed by atoms with Crippen molar-refractivity contribution in [3.63, 3.8) is 0 Å².